The maximum absolute atomic E-state index is 11.1. The third kappa shape index (κ3) is 3.57. The summed E-state index contributed by atoms with van der Waals surface area (Å²) in [6.45, 7) is 5.69. The number of ether oxygens (including phenoxy) is 1. The van der Waals surface area contributed by atoms with Gasteiger partial charge in [0.15, 0.2) is 0 Å². The first-order valence-electron chi connectivity index (χ1n) is 6.62. The highest BCUT2D eigenvalue weighted by Gasteiger charge is 2.16. The Hall–Kier alpha value is -1.35. The first kappa shape index (κ1) is 13.1. The molecule has 3 heteroatoms. The van der Waals surface area contributed by atoms with E-state index in [-0.39, 0.29) is 11.7 Å². The van der Waals surface area contributed by atoms with Gasteiger partial charge in [0.2, 0.25) is 0 Å². The molecule has 1 fully saturated rings. The Kier molecular flexibility index (Phi) is 4.37. The van der Waals surface area contributed by atoms with E-state index in [9.17, 15) is 4.79 Å². The summed E-state index contributed by atoms with van der Waals surface area (Å²) in [6, 6.07) is 8.13. The van der Waals surface area contributed by atoms with Crippen molar-refractivity contribution in [3.05, 3.63) is 29.8 Å². The Morgan fingerprint density at radius 1 is 1.44 bits per heavy atom. The molecule has 1 aromatic carbocycles. The molecule has 0 saturated carbocycles. The van der Waals surface area contributed by atoms with Gasteiger partial charge in [-0.3, -0.25) is 0 Å². The summed E-state index contributed by atoms with van der Waals surface area (Å²) in [6.07, 6.45) is 1.97. The van der Waals surface area contributed by atoms with Crippen molar-refractivity contribution >= 4 is 5.78 Å². The van der Waals surface area contributed by atoms with Gasteiger partial charge in [-0.05, 0) is 43.5 Å². The molecule has 1 heterocycles. The molecule has 2 unspecified atom stereocenters. The van der Waals surface area contributed by atoms with Crippen molar-refractivity contribution in [2.75, 3.05) is 13.1 Å². The Bertz CT molecular complexity index is 393. The average molecular weight is 247 g/mol. The minimum atomic E-state index is 0.236. The summed E-state index contributed by atoms with van der Waals surface area (Å²) in [7, 11) is 0. The van der Waals surface area contributed by atoms with Crippen LogP contribution < -0.4 is 10.1 Å². The van der Waals surface area contributed by atoms with Crippen LogP contribution in [-0.2, 0) is 4.79 Å². The third-order valence-corrected chi connectivity index (χ3v) is 3.36. The van der Waals surface area contributed by atoms with E-state index >= 15 is 0 Å². The Balaban J connectivity index is 1.94. The van der Waals surface area contributed by atoms with Gasteiger partial charge < -0.3 is 14.8 Å². The van der Waals surface area contributed by atoms with E-state index in [0.717, 1.165) is 25.3 Å². The Morgan fingerprint density at radius 2 is 2.17 bits per heavy atom. The molecule has 0 aromatic heterocycles. The lowest BCUT2D eigenvalue weighted by atomic mass is 9.96. The van der Waals surface area contributed by atoms with Crippen LogP contribution in [0.4, 0.5) is 0 Å². The molecule has 3 nitrogen and oxygen atoms in total. The second-order valence-electron chi connectivity index (χ2n) is 5.11. The largest absolute Gasteiger partial charge is 0.489 e. The van der Waals surface area contributed by atoms with Gasteiger partial charge in [-0.1, -0.05) is 19.1 Å². The third-order valence-electron chi connectivity index (χ3n) is 3.36. The molecule has 1 aromatic rings. The van der Waals surface area contributed by atoms with Gasteiger partial charge >= 0.3 is 0 Å². The maximum Gasteiger partial charge on any atom is 0.130 e. The van der Waals surface area contributed by atoms with Crippen molar-refractivity contribution in [1.82, 2.24) is 5.32 Å². The predicted molar refractivity (Wildman–Crippen MR) is 72.1 cm³/mol. The minimum Gasteiger partial charge on any atom is -0.489 e. The predicted octanol–water partition coefficient (Wildman–Crippen LogP) is 2.51. The number of ketones is 1. The van der Waals surface area contributed by atoms with Gasteiger partial charge in [-0.15, -0.1) is 0 Å². The molecule has 0 bridgehead atoms. The van der Waals surface area contributed by atoms with E-state index in [0.29, 0.717) is 12.5 Å². The highest BCUT2D eigenvalue weighted by atomic mass is 16.5. The summed E-state index contributed by atoms with van der Waals surface area (Å²) in [5.74, 6) is 1.44. The molecule has 18 heavy (non-hydrogen) atoms. The van der Waals surface area contributed by atoms with Crippen LogP contribution in [0.15, 0.2) is 24.3 Å². The zero-order valence-electron chi connectivity index (χ0n) is 11.1. The van der Waals surface area contributed by atoms with Gasteiger partial charge in [0.25, 0.3) is 0 Å². The minimum absolute atomic E-state index is 0.236. The molecule has 0 spiro atoms. The number of nitrogens with one attached hydrogen (secondary N) is 1. The number of hydrogen-bond donors (Lipinski definition) is 1. The molecule has 1 aliphatic rings. The molecular formula is C15H21NO2. The summed E-state index contributed by atoms with van der Waals surface area (Å²) in [4.78, 5) is 11.1. The summed E-state index contributed by atoms with van der Waals surface area (Å²) >= 11 is 0. The van der Waals surface area contributed by atoms with E-state index in [1.54, 1.807) is 6.92 Å². The lowest BCUT2D eigenvalue weighted by Gasteiger charge is -2.14. The fourth-order valence-corrected chi connectivity index (χ4v) is 2.35. The number of rotatable bonds is 5. The van der Waals surface area contributed by atoms with Crippen LogP contribution in [0.3, 0.4) is 0 Å². The van der Waals surface area contributed by atoms with Gasteiger partial charge in [0.1, 0.15) is 17.6 Å². The summed E-state index contributed by atoms with van der Waals surface area (Å²) in [5.41, 5.74) is 1.20. The monoisotopic (exact) mass is 247 g/mol. The topological polar surface area (TPSA) is 38.3 Å². The van der Waals surface area contributed by atoms with Gasteiger partial charge in [-0.2, -0.15) is 0 Å². The smallest absolute Gasteiger partial charge is 0.130 e. The summed E-state index contributed by atoms with van der Waals surface area (Å²) in [5, 5.41) is 3.28. The normalized spacial score (nSPS) is 20.7. The van der Waals surface area contributed by atoms with Gasteiger partial charge in [0.05, 0.1) is 0 Å². The molecule has 0 amide bonds. The molecule has 0 aliphatic carbocycles. The maximum atomic E-state index is 11.1. The van der Waals surface area contributed by atoms with Gasteiger partial charge in [-0.25, -0.2) is 0 Å². The number of carbonyl (C=O) groups is 1. The van der Waals surface area contributed by atoms with Crippen LogP contribution in [-0.4, -0.2) is 25.0 Å². The van der Waals surface area contributed by atoms with Crippen LogP contribution in [0.5, 0.6) is 5.75 Å². The number of benzene rings is 1. The van der Waals surface area contributed by atoms with Crippen LogP contribution in [0.2, 0.25) is 0 Å². The van der Waals surface area contributed by atoms with Crippen molar-refractivity contribution in [3.63, 3.8) is 0 Å². The van der Waals surface area contributed by atoms with Crippen LogP contribution in [0.25, 0.3) is 0 Å². The highest BCUT2D eigenvalue weighted by molar-refractivity contribution is 5.76. The summed E-state index contributed by atoms with van der Waals surface area (Å²) < 4.78 is 5.86. The van der Waals surface area contributed by atoms with Crippen LogP contribution in [0, 0.1) is 0 Å². The first-order chi connectivity index (χ1) is 8.65. The molecule has 1 saturated heterocycles. The second-order valence-corrected chi connectivity index (χ2v) is 5.11. The van der Waals surface area contributed by atoms with Crippen molar-refractivity contribution in [1.29, 1.82) is 0 Å². The van der Waals surface area contributed by atoms with Crippen LogP contribution in [0.1, 0.15) is 38.2 Å². The number of hydrogen-bond acceptors (Lipinski definition) is 3. The fraction of sp³-hybridized carbons (Fsp3) is 0.533. The van der Waals surface area contributed by atoms with E-state index in [1.807, 2.05) is 12.1 Å². The van der Waals surface area contributed by atoms with Crippen molar-refractivity contribution < 1.29 is 9.53 Å². The lowest BCUT2D eigenvalue weighted by Crippen LogP contribution is -2.19. The first-order valence-corrected chi connectivity index (χ1v) is 6.62. The van der Waals surface area contributed by atoms with E-state index in [1.165, 1.54) is 5.56 Å². The fourth-order valence-electron chi connectivity index (χ4n) is 2.35. The van der Waals surface area contributed by atoms with E-state index < -0.39 is 0 Å². The van der Waals surface area contributed by atoms with Crippen molar-refractivity contribution in [3.8, 4) is 5.75 Å². The van der Waals surface area contributed by atoms with Crippen LogP contribution >= 0.6 is 0 Å². The number of carbonyl (C=O) groups excluding carboxylic acids is 1. The van der Waals surface area contributed by atoms with E-state index in [2.05, 4.69) is 24.4 Å². The Labute approximate surface area is 109 Å². The van der Waals surface area contributed by atoms with Crippen molar-refractivity contribution in [2.45, 2.75) is 38.7 Å². The average Bonchev–Trinajstić information content (AvgIpc) is 2.82. The Morgan fingerprint density at radius 3 is 2.72 bits per heavy atom. The second kappa shape index (κ2) is 6.01. The molecule has 98 valence electrons. The number of Topliss-reactive ketones (excluding diaryl/α,β-unsaturated/α-hetero) is 1. The highest BCUT2D eigenvalue weighted by Crippen LogP contribution is 2.23. The zero-order chi connectivity index (χ0) is 13.0. The molecule has 1 N–H and O–H groups in total. The molecule has 1 aliphatic heterocycles. The van der Waals surface area contributed by atoms with E-state index in [4.69, 9.17) is 4.74 Å². The van der Waals surface area contributed by atoms with Gasteiger partial charge in [0, 0.05) is 13.0 Å². The molecule has 2 rings (SSSR count). The quantitative estimate of drug-likeness (QED) is 0.869. The standard InChI is InChI=1S/C15H21NO2/c1-11(9-12(2)17)13-3-5-14(6-4-13)18-15-7-8-16-10-15/h3-6,11,15-16H,7-10H2,1-2H3. The molecule has 2 atom stereocenters. The lowest BCUT2D eigenvalue weighted by molar-refractivity contribution is -0.117. The SMILES string of the molecule is CC(=O)CC(C)c1ccc(OC2CCNC2)cc1. The van der Waals surface area contributed by atoms with Crippen molar-refractivity contribution in [2.24, 2.45) is 0 Å². The molecular weight excluding hydrogens is 226 g/mol. The zero-order valence-corrected chi connectivity index (χ0v) is 11.1. The molecule has 0 radical (unpaired) electrons.